The average molecular weight is 334 g/mol. The number of piperidine rings is 1. The fourth-order valence-corrected chi connectivity index (χ4v) is 2.85. The van der Waals surface area contributed by atoms with E-state index >= 15 is 0 Å². The Bertz CT molecular complexity index is 641. The topological polar surface area (TPSA) is 99.2 Å². The van der Waals surface area contributed by atoms with E-state index in [4.69, 9.17) is 9.26 Å². The van der Waals surface area contributed by atoms with Crippen molar-refractivity contribution in [2.24, 2.45) is 0 Å². The number of nitrogens with zero attached hydrogens (tertiary/aromatic N) is 6. The molecule has 0 aliphatic carbocycles. The van der Waals surface area contributed by atoms with Crippen LogP contribution in [0.4, 0.5) is 0 Å². The lowest BCUT2D eigenvalue weighted by molar-refractivity contribution is -0.132. The average Bonchev–Trinajstić information content (AvgIpc) is 3.29. The Labute approximate surface area is 140 Å². The van der Waals surface area contributed by atoms with Crippen molar-refractivity contribution in [3.63, 3.8) is 0 Å². The largest absolute Gasteiger partial charge is 0.384 e. The van der Waals surface area contributed by atoms with E-state index in [1.54, 1.807) is 18.1 Å². The van der Waals surface area contributed by atoms with Gasteiger partial charge in [-0.15, -0.1) is 0 Å². The van der Waals surface area contributed by atoms with E-state index in [2.05, 4.69) is 20.2 Å². The van der Waals surface area contributed by atoms with Gasteiger partial charge in [0.25, 0.3) is 0 Å². The number of carbonyl (C=O) groups excluding carboxylic acids is 1. The molecule has 3 rings (SSSR count). The van der Waals surface area contributed by atoms with Crippen LogP contribution in [-0.4, -0.2) is 62.5 Å². The van der Waals surface area contributed by atoms with Crippen molar-refractivity contribution in [1.82, 2.24) is 29.8 Å². The van der Waals surface area contributed by atoms with Gasteiger partial charge in [-0.2, -0.15) is 10.1 Å². The number of ether oxygens (including phenoxy) is 1. The van der Waals surface area contributed by atoms with Crippen molar-refractivity contribution in [1.29, 1.82) is 0 Å². The maximum absolute atomic E-state index is 12.4. The molecule has 0 aromatic carbocycles. The van der Waals surface area contributed by atoms with Gasteiger partial charge < -0.3 is 14.2 Å². The number of aromatic nitrogens is 5. The van der Waals surface area contributed by atoms with E-state index in [1.165, 1.54) is 6.33 Å². The van der Waals surface area contributed by atoms with Gasteiger partial charge in [-0.3, -0.25) is 9.48 Å². The molecule has 2 aromatic rings. The molecule has 0 radical (unpaired) electrons. The monoisotopic (exact) mass is 334 g/mol. The van der Waals surface area contributed by atoms with Crippen LogP contribution in [-0.2, 0) is 22.5 Å². The number of aryl methyl sites for hydroxylation is 1. The number of hydrogen-bond donors (Lipinski definition) is 0. The Morgan fingerprint density at radius 1 is 1.50 bits per heavy atom. The van der Waals surface area contributed by atoms with Gasteiger partial charge in [-0.1, -0.05) is 5.16 Å². The van der Waals surface area contributed by atoms with Gasteiger partial charge in [0.1, 0.15) is 12.7 Å². The molecule has 1 aliphatic rings. The van der Waals surface area contributed by atoms with Crippen molar-refractivity contribution in [2.75, 3.05) is 26.8 Å². The van der Waals surface area contributed by atoms with Crippen LogP contribution in [0.15, 0.2) is 17.2 Å². The van der Waals surface area contributed by atoms with Gasteiger partial charge in [0.2, 0.25) is 11.8 Å². The van der Waals surface area contributed by atoms with Gasteiger partial charge in [0, 0.05) is 33.0 Å². The molecule has 0 bridgehead atoms. The first-order valence-corrected chi connectivity index (χ1v) is 8.18. The molecule has 0 saturated carbocycles. The van der Waals surface area contributed by atoms with Crippen LogP contribution in [0.1, 0.15) is 36.9 Å². The SMILES string of the molecule is COCCc1noc(C2CCCN(C(=O)CCn3cncn3)C2)n1. The van der Waals surface area contributed by atoms with E-state index in [0.717, 1.165) is 19.4 Å². The predicted octanol–water partition coefficient (Wildman–Crippen LogP) is 0.646. The van der Waals surface area contributed by atoms with Crippen molar-refractivity contribution >= 4 is 5.91 Å². The highest BCUT2D eigenvalue weighted by Gasteiger charge is 2.28. The zero-order valence-electron chi connectivity index (χ0n) is 13.8. The molecule has 0 N–H and O–H groups in total. The fraction of sp³-hybridized carbons (Fsp3) is 0.667. The first kappa shape index (κ1) is 16.6. The summed E-state index contributed by atoms with van der Waals surface area (Å²) in [6.07, 6.45) is 6.03. The molecule has 1 unspecified atom stereocenters. The van der Waals surface area contributed by atoms with Gasteiger partial charge in [0.05, 0.1) is 19.1 Å². The zero-order chi connectivity index (χ0) is 16.8. The van der Waals surface area contributed by atoms with Gasteiger partial charge in [-0.05, 0) is 12.8 Å². The second-order valence-corrected chi connectivity index (χ2v) is 5.88. The smallest absolute Gasteiger partial charge is 0.231 e. The minimum atomic E-state index is 0.109. The Hall–Kier alpha value is -2.29. The minimum Gasteiger partial charge on any atom is -0.384 e. The maximum atomic E-state index is 12.4. The fourth-order valence-electron chi connectivity index (χ4n) is 2.85. The lowest BCUT2D eigenvalue weighted by atomic mass is 9.97. The Kier molecular flexibility index (Phi) is 5.52. The standard InChI is InChI=1S/C15H22N6O3/c1-23-8-5-13-18-15(24-19-13)12-3-2-6-20(9-12)14(22)4-7-21-11-16-10-17-21/h10-12H,2-9H2,1H3. The summed E-state index contributed by atoms with van der Waals surface area (Å²) in [5.41, 5.74) is 0. The summed E-state index contributed by atoms with van der Waals surface area (Å²) in [5, 5.41) is 8.00. The molecule has 9 heteroatoms. The molecule has 130 valence electrons. The molecular weight excluding hydrogens is 312 g/mol. The summed E-state index contributed by atoms with van der Waals surface area (Å²) < 4.78 is 12.1. The highest BCUT2D eigenvalue weighted by atomic mass is 16.5. The first-order valence-electron chi connectivity index (χ1n) is 8.18. The van der Waals surface area contributed by atoms with Crippen molar-refractivity contribution < 1.29 is 14.1 Å². The summed E-state index contributed by atoms with van der Waals surface area (Å²) in [5.74, 6) is 1.50. The molecule has 1 fully saturated rings. The molecule has 9 nitrogen and oxygen atoms in total. The van der Waals surface area contributed by atoms with E-state index < -0.39 is 0 Å². The maximum Gasteiger partial charge on any atom is 0.231 e. The summed E-state index contributed by atoms with van der Waals surface area (Å²) in [4.78, 5) is 22.6. The van der Waals surface area contributed by atoms with E-state index in [-0.39, 0.29) is 11.8 Å². The van der Waals surface area contributed by atoms with Crippen LogP contribution in [0, 0.1) is 0 Å². The number of carbonyl (C=O) groups is 1. The molecule has 1 atom stereocenters. The summed E-state index contributed by atoms with van der Waals surface area (Å²) >= 11 is 0. The normalized spacial score (nSPS) is 18.0. The highest BCUT2D eigenvalue weighted by Crippen LogP contribution is 2.26. The third kappa shape index (κ3) is 4.16. The molecular formula is C15H22N6O3. The van der Waals surface area contributed by atoms with Crippen LogP contribution < -0.4 is 0 Å². The van der Waals surface area contributed by atoms with Crippen LogP contribution >= 0.6 is 0 Å². The van der Waals surface area contributed by atoms with E-state index in [9.17, 15) is 4.79 Å². The van der Waals surface area contributed by atoms with Gasteiger partial charge in [0.15, 0.2) is 5.82 Å². The third-order valence-electron chi connectivity index (χ3n) is 4.16. The van der Waals surface area contributed by atoms with Crippen molar-refractivity contribution in [3.05, 3.63) is 24.4 Å². The lowest BCUT2D eigenvalue weighted by Gasteiger charge is -2.31. The van der Waals surface area contributed by atoms with Crippen LogP contribution in [0.2, 0.25) is 0 Å². The zero-order valence-corrected chi connectivity index (χ0v) is 13.8. The molecule has 3 heterocycles. The Balaban J connectivity index is 1.53. The Morgan fingerprint density at radius 3 is 3.21 bits per heavy atom. The molecule has 2 aromatic heterocycles. The van der Waals surface area contributed by atoms with Crippen LogP contribution in [0.3, 0.4) is 0 Å². The molecule has 1 aliphatic heterocycles. The number of likely N-dealkylation sites (tertiary alicyclic amines) is 1. The number of rotatable bonds is 7. The molecule has 1 amide bonds. The summed E-state index contributed by atoms with van der Waals surface area (Å²) in [6.45, 7) is 2.51. The summed E-state index contributed by atoms with van der Waals surface area (Å²) in [7, 11) is 1.64. The van der Waals surface area contributed by atoms with E-state index in [1.807, 2.05) is 4.90 Å². The summed E-state index contributed by atoms with van der Waals surface area (Å²) in [6, 6.07) is 0. The van der Waals surface area contributed by atoms with Gasteiger partial charge in [-0.25, -0.2) is 4.98 Å². The number of amides is 1. The molecule has 1 saturated heterocycles. The lowest BCUT2D eigenvalue weighted by Crippen LogP contribution is -2.39. The predicted molar refractivity (Wildman–Crippen MR) is 83.1 cm³/mol. The molecule has 24 heavy (non-hydrogen) atoms. The number of methoxy groups -OCH3 is 1. The van der Waals surface area contributed by atoms with Crippen molar-refractivity contribution in [3.8, 4) is 0 Å². The molecule has 0 spiro atoms. The minimum absolute atomic E-state index is 0.109. The van der Waals surface area contributed by atoms with Crippen molar-refractivity contribution in [2.45, 2.75) is 38.1 Å². The second-order valence-electron chi connectivity index (χ2n) is 5.88. The van der Waals surface area contributed by atoms with Gasteiger partial charge >= 0.3 is 0 Å². The second kappa shape index (κ2) is 8.00. The quantitative estimate of drug-likeness (QED) is 0.733. The van der Waals surface area contributed by atoms with E-state index in [0.29, 0.717) is 44.3 Å². The first-order chi connectivity index (χ1) is 11.8. The number of hydrogen-bond acceptors (Lipinski definition) is 7. The Morgan fingerprint density at radius 2 is 2.42 bits per heavy atom. The van der Waals surface area contributed by atoms with Crippen LogP contribution in [0.25, 0.3) is 0 Å². The van der Waals surface area contributed by atoms with Crippen LogP contribution in [0.5, 0.6) is 0 Å². The third-order valence-corrected chi connectivity index (χ3v) is 4.16. The highest BCUT2D eigenvalue weighted by molar-refractivity contribution is 5.76.